The highest BCUT2D eigenvalue weighted by Gasteiger charge is 2.24. The lowest BCUT2D eigenvalue weighted by molar-refractivity contribution is 0.180. The summed E-state index contributed by atoms with van der Waals surface area (Å²) >= 11 is 0. The van der Waals surface area contributed by atoms with Gasteiger partial charge in [0, 0.05) is 0 Å². The van der Waals surface area contributed by atoms with Crippen LogP contribution in [0, 0.1) is 5.92 Å². The second-order valence-electron chi connectivity index (χ2n) is 7.81. The van der Waals surface area contributed by atoms with Crippen LogP contribution in [0.1, 0.15) is 74.7 Å². The fraction of sp³-hybridized carbons (Fsp3) is 0.478. The smallest absolute Gasteiger partial charge is 0.0795 e. The van der Waals surface area contributed by atoms with Gasteiger partial charge in [-0.2, -0.15) is 0 Å². The zero-order valence-corrected chi connectivity index (χ0v) is 14.7. The number of rotatable bonds is 5. The van der Waals surface area contributed by atoms with Gasteiger partial charge in [0.25, 0.3) is 0 Å². The molecule has 4 rings (SSSR count). The molecule has 1 nitrogen and oxygen atoms in total. The van der Waals surface area contributed by atoms with Crippen LogP contribution < -0.4 is 0 Å². The second kappa shape index (κ2) is 6.72. The van der Waals surface area contributed by atoms with Gasteiger partial charge in [-0.3, -0.25) is 0 Å². The maximum atomic E-state index is 10.0. The Bertz CT molecular complexity index is 720. The van der Waals surface area contributed by atoms with Crippen molar-refractivity contribution in [1.29, 1.82) is 0 Å². The van der Waals surface area contributed by atoms with Gasteiger partial charge in [-0.1, -0.05) is 47.6 Å². The first-order chi connectivity index (χ1) is 11.7. The molecule has 2 unspecified atom stereocenters. The van der Waals surface area contributed by atoms with Crippen molar-refractivity contribution in [1.82, 2.24) is 0 Å². The summed E-state index contributed by atoms with van der Waals surface area (Å²) < 4.78 is 0. The zero-order chi connectivity index (χ0) is 16.5. The van der Waals surface area contributed by atoms with E-state index in [1.54, 1.807) is 11.1 Å². The molecule has 0 aromatic heterocycles. The molecule has 3 aliphatic carbocycles. The van der Waals surface area contributed by atoms with Crippen molar-refractivity contribution in [3.63, 3.8) is 0 Å². The largest absolute Gasteiger partial charge is 0.388 e. The zero-order valence-electron chi connectivity index (χ0n) is 14.7. The standard InChI is InChI=1S/C23H28O/c1-16-8-9-17(14-16)4-2-5-18-6-3-7-21(18)19-10-12-22-20(15-19)11-13-23(22)24/h7-10,12,15,18,23-24H,2-6,11,13-14H2,1H3. The molecule has 0 amide bonds. The van der Waals surface area contributed by atoms with Gasteiger partial charge >= 0.3 is 0 Å². The van der Waals surface area contributed by atoms with Crippen LogP contribution in [0.5, 0.6) is 0 Å². The number of hydrogen-bond donors (Lipinski definition) is 1. The predicted molar refractivity (Wildman–Crippen MR) is 101 cm³/mol. The number of aliphatic hydroxyl groups is 1. The fourth-order valence-electron chi connectivity index (χ4n) is 4.67. The summed E-state index contributed by atoms with van der Waals surface area (Å²) in [6, 6.07) is 6.75. The topological polar surface area (TPSA) is 20.2 Å². The van der Waals surface area contributed by atoms with Gasteiger partial charge < -0.3 is 5.11 Å². The first-order valence-electron chi connectivity index (χ1n) is 9.57. The minimum Gasteiger partial charge on any atom is -0.388 e. The maximum Gasteiger partial charge on any atom is 0.0795 e. The molecule has 1 heteroatoms. The van der Waals surface area contributed by atoms with Gasteiger partial charge in [0.2, 0.25) is 0 Å². The Labute approximate surface area is 145 Å². The van der Waals surface area contributed by atoms with Crippen molar-refractivity contribution in [2.45, 2.75) is 64.4 Å². The summed E-state index contributed by atoms with van der Waals surface area (Å²) in [4.78, 5) is 0. The van der Waals surface area contributed by atoms with Crippen LogP contribution in [0.3, 0.4) is 0 Å². The number of hydrogen-bond acceptors (Lipinski definition) is 1. The summed E-state index contributed by atoms with van der Waals surface area (Å²) in [5, 5.41) is 10.0. The average Bonchev–Trinajstić information content (AvgIpc) is 3.29. The van der Waals surface area contributed by atoms with Gasteiger partial charge in [-0.25, -0.2) is 0 Å². The van der Waals surface area contributed by atoms with E-state index < -0.39 is 0 Å². The van der Waals surface area contributed by atoms with Gasteiger partial charge in [0.05, 0.1) is 6.10 Å². The van der Waals surface area contributed by atoms with Crippen molar-refractivity contribution in [2.75, 3.05) is 0 Å². The van der Waals surface area contributed by atoms with Crippen LogP contribution in [0.2, 0.25) is 0 Å². The quantitative estimate of drug-likeness (QED) is 0.715. The van der Waals surface area contributed by atoms with E-state index in [-0.39, 0.29) is 6.10 Å². The highest BCUT2D eigenvalue weighted by Crippen LogP contribution is 2.40. The maximum absolute atomic E-state index is 10.0. The molecule has 0 saturated carbocycles. The predicted octanol–water partition coefficient (Wildman–Crippen LogP) is 5.91. The normalized spacial score (nSPS) is 25.5. The Balaban J connectivity index is 1.38. The van der Waals surface area contributed by atoms with Crippen LogP contribution in [0.25, 0.3) is 5.57 Å². The van der Waals surface area contributed by atoms with Crippen LogP contribution in [-0.4, -0.2) is 5.11 Å². The summed E-state index contributed by atoms with van der Waals surface area (Å²) in [6.45, 7) is 2.23. The van der Waals surface area contributed by atoms with E-state index in [2.05, 4.69) is 43.4 Å². The Morgan fingerprint density at radius 1 is 1.17 bits per heavy atom. The molecular weight excluding hydrogens is 292 g/mol. The fourth-order valence-corrected chi connectivity index (χ4v) is 4.67. The molecule has 1 N–H and O–H groups in total. The van der Waals surface area contributed by atoms with Crippen LogP contribution in [-0.2, 0) is 6.42 Å². The molecule has 0 radical (unpaired) electrons. The van der Waals surface area contributed by atoms with Crippen molar-refractivity contribution < 1.29 is 5.11 Å². The molecule has 1 aromatic rings. The molecule has 0 fully saturated rings. The summed E-state index contributed by atoms with van der Waals surface area (Å²) in [7, 11) is 0. The Morgan fingerprint density at radius 2 is 2.08 bits per heavy atom. The number of aliphatic hydroxyl groups excluding tert-OH is 1. The summed E-state index contributed by atoms with van der Waals surface area (Å²) in [5.41, 5.74) is 8.61. The molecule has 0 saturated heterocycles. The average molecular weight is 320 g/mol. The third-order valence-electron chi connectivity index (χ3n) is 6.00. The first kappa shape index (κ1) is 15.9. The highest BCUT2D eigenvalue weighted by molar-refractivity contribution is 5.70. The minimum atomic E-state index is -0.237. The lowest BCUT2D eigenvalue weighted by atomic mass is 9.88. The molecule has 0 heterocycles. The molecule has 0 bridgehead atoms. The molecule has 0 aliphatic heterocycles. The van der Waals surface area contributed by atoms with E-state index in [0.717, 1.165) is 24.3 Å². The lowest BCUT2D eigenvalue weighted by Crippen LogP contribution is -2.00. The molecule has 0 spiro atoms. The number of benzene rings is 1. The second-order valence-corrected chi connectivity index (χ2v) is 7.81. The third kappa shape index (κ3) is 3.15. The lowest BCUT2D eigenvalue weighted by Gasteiger charge is -2.17. The van der Waals surface area contributed by atoms with Gasteiger partial charge in [0.1, 0.15) is 0 Å². The third-order valence-corrected chi connectivity index (χ3v) is 6.00. The Kier molecular flexibility index (Phi) is 4.45. The number of allylic oxidation sites excluding steroid dienone is 6. The van der Waals surface area contributed by atoms with Crippen LogP contribution in [0.15, 0.2) is 47.6 Å². The van der Waals surface area contributed by atoms with Gasteiger partial charge in [-0.05, 0) is 86.5 Å². The van der Waals surface area contributed by atoms with E-state index in [1.807, 2.05) is 0 Å². The van der Waals surface area contributed by atoms with Crippen molar-refractivity contribution >= 4 is 5.57 Å². The minimum absolute atomic E-state index is 0.237. The summed E-state index contributed by atoms with van der Waals surface area (Å²) in [5.74, 6) is 0.727. The molecular formula is C23H28O. The molecule has 126 valence electrons. The Morgan fingerprint density at radius 3 is 2.92 bits per heavy atom. The number of fused-ring (bicyclic) bond motifs is 1. The molecule has 3 aliphatic rings. The SMILES string of the molecule is CC1=CC=C(CCCC2CCC=C2c2ccc3c(c2)CCC3O)C1. The van der Waals surface area contributed by atoms with Gasteiger partial charge in [-0.15, -0.1) is 0 Å². The van der Waals surface area contributed by atoms with E-state index in [0.29, 0.717) is 0 Å². The molecule has 2 atom stereocenters. The first-order valence-corrected chi connectivity index (χ1v) is 9.57. The number of aryl methyl sites for hydroxylation is 1. The van der Waals surface area contributed by atoms with E-state index in [4.69, 9.17) is 0 Å². The van der Waals surface area contributed by atoms with Crippen LogP contribution >= 0.6 is 0 Å². The van der Waals surface area contributed by atoms with Crippen LogP contribution in [0.4, 0.5) is 0 Å². The molecule has 24 heavy (non-hydrogen) atoms. The van der Waals surface area contributed by atoms with Crippen molar-refractivity contribution in [3.05, 3.63) is 64.3 Å². The monoisotopic (exact) mass is 320 g/mol. The van der Waals surface area contributed by atoms with Crippen molar-refractivity contribution in [3.8, 4) is 0 Å². The Hall–Kier alpha value is -1.60. The van der Waals surface area contributed by atoms with E-state index in [1.165, 1.54) is 55.2 Å². The van der Waals surface area contributed by atoms with E-state index >= 15 is 0 Å². The van der Waals surface area contributed by atoms with Crippen molar-refractivity contribution in [2.24, 2.45) is 5.92 Å². The highest BCUT2D eigenvalue weighted by atomic mass is 16.3. The van der Waals surface area contributed by atoms with Gasteiger partial charge in [0.15, 0.2) is 0 Å². The summed E-state index contributed by atoms with van der Waals surface area (Å²) in [6.07, 6.45) is 16.3. The van der Waals surface area contributed by atoms with E-state index in [9.17, 15) is 5.11 Å². The molecule has 1 aromatic carbocycles.